The number of aromatic amines is 1. The molecule has 4 aromatic rings. The number of ether oxygens (including phenoxy) is 2. The third-order valence-corrected chi connectivity index (χ3v) is 4.70. The van der Waals surface area contributed by atoms with Crippen LogP contribution in [0, 0.1) is 0 Å². The lowest BCUT2D eigenvalue weighted by atomic mass is 10.0. The van der Waals surface area contributed by atoms with Gasteiger partial charge in [0, 0.05) is 18.0 Å². The van der Waals surface area contributed by atoms with Gasteiger partial charge in [-0.25, -0.2) is 4.79 Å². The van der Waals surface area contributed by atoms with Crippen LogP contribution in [0.2, 0.25) is 0 Å². The molecule has 0 saturated heterocycles. The lowest BCUT2D eigenvalue weighted by Gasteiger charge is -2.08. The van der Waals surface area contributed by atoms with E-state index in [-0.39, 0.29) is 5.97 Å². The van der Waals surface area contributed by atoms with Gasteiger partial charge in [-0.3, -0.25) is 0 Å². The van der Waals surface area contributed by atoms with Crippen LogP contribution >= 0.6 is 0 Å². The number of benzene rings is 2. The highest BCUT2D eigenvalue weighted by Crippen LogP contribution is 2.38. The Labute approximate surface area is 151 Å². The number of H-pyrrole nitrogens is 1. The summed E-state index contributed by atoms with van der Waals surface area (Å²) in [5.74, 6) is 0.425. The van der Waals surface area contributed by atoms with Crippen LogP contribution in [0.4, 0.5) is 0 Å². The molecule has 0 saturated carbocycles. The number of carbonyl (C=O) groups is 1. The van der Waals surface area contributed by atoms with Crippen molar-refractivity contribution in [2.24, 2.45) is 7.05 Å². The van der Waals surface area contributed by atoms with Crippen LogP contribution in [-0.2, 0) is 11.8 Å². The summed E-state index contributed by atoms with van der Waals surface area (Å²) in [4.78, 5) is 15.9. The number of fused-ring (bicyclic) bond motifs is 3. The van der Waals surface area contributed by atoms with E-state index in [4.69, 9.17) is 9.47 Å². The molecule has 4 rings (SSSR count). The largest absolute Gasteiger partial charge is 0.497 e. The molecule has 2 aromatic heterocycles. The number of hydrogen-bond donors (Lipinski definition) is 1. The van der Waals surface area contributed by atoms with Gasteiger partial charge in [0.25, 0.3) is 0 Å². The number of esters is 1. The summed E-state index contributed by atoms with van der Waals surface area (Å²) in [7, 11) is 3.65. The van der Waals surface area contributed by atoms with Crippen molar-refractivity contribution in [3.8, 4) is 16.9 Å². The number of aryl methyl sites for hydroxylation is 1. The van der Waals surface area contributed by atoms with Crippen molar-refractivity contribution in [2.45, 2.75) is 6.92 Å². The molecule has 26 heavy (non-hydrogen) atoms. The highest BCUT2D eigenvalue weighted by atomic mass is 16.5. The number of para-hydroxylation sites is 1. The van der Waals surface area contributed by atoms with E-state index in [0.717, 1.165) is 38.8 Å². The molecular formula is C21H20N2O3. The Morgan fingerprint density at radius 2 is 1.85 bits per heavy atom. The maximum Gasteiger partial charge on any atom is 0.355 e. The lowest BCUT2D eigenvalue weighted by molar-refractivity contribution is 0.0521. The Kier molecular flexibility index (Phi) is 3.92. The minimum atomic E-state index is -0.349. The molecule has 0 atom stereocenters. The Hall–Kier alpha value is -3.21. The van der Waals surface area contributed by atoms with Gasteiger partial charge in [-0.05, 0) is 30.7 Å². The Bertz CT molecular complexity index is 1100. The highest BCUT2D eigenvalue weighted by molar-refractivity contribution is 6.16. The molecule has 0 spiro atoms. The molecule has 0 unspecified atom stereocenters. The smallest absolute Gasteiger partial charge is 0.355 e. The molecule has 0 aliphatic carbocycles. The number of methoxy groups -OCH3 is 1. The van der Waals surface area contributed by atoms with Crippen molar-refractivity contribution in [1.82, 2.24) is 9.55 Å². The summed E-state index contributed by atoms with van der Waals surface area (Å²) in [5.41, 5.74) is 5.30. The average Bonchev–Trinajstić information content (AvgIpc) is 3.19. The summed E-state index contributed by atoms with van der Waals surface area (Å²) in [6, 6.07) is 15.9. The Morgan fingerprint density at radius 1 is 1.12 bits per heavy atom. The first kappa shape index (κ1) is 16.3. The van der Waals surface area contributed by atoms with Crippen LogP contribution in [0.3, 0.4) is 0 Å². The predicted molar refractivity (Wildman–Crippen MR) is 103 cm³/mol. The van der Waals surface area contributed by atoms with E-state index in [1.54, 1.807) is 7.11 Å². The van der Waals surface area contributed by atoms with Crippen LogP contribution in [0.1, 0.15) is 17.4 Å². The highest BCUT2D eigenvalue weighted by Gasteiger charge is 2.24. The van der Waals surface area contributed by atoms with Crippen LogP contribution in [0.25, 0.3) is 33.1 Å². The van der Waals surface area contributed by atoms with Crippen molar-refractivity contribution in [2.75, 3.05) is 13.7 Å². The van der Waals surface area contributed by atoms with E-state index in [1.807, 2.05) is 50.4 Å². The molecule has 0 aliphatic rings. The molecule has 2 heterocycles. The maximum absolute atomic E-state index is 12.6. The van der Waals surface area contributed by atoms with E-state index in [0.29, 0.717) is 12.3 Å². The fraction of sp³-hybridized carbons (Fsp3) is 0.190. The SMILES string of the molecule is CCOC(=O)c1[nH]c2c3ccccc3n(C)c2c1-c1ccc(OC)cc1. The molecule has 2 aromatic carbocycles. The molecule has 0 bridgehead atoms. The second-order valence-electron chi connectivity index (χ2n) is 6.12. The minimum absolute atomic E-state index is 0.330. The van der Waals surface area contributed by atoms with Crippen molar-refractivity contribution in [3.63, 3.8) is 0 Å². The standard InChI is InChI=1S/C21H20N2O3/c1-4-26-21(24)19-17(13-9-11-14(25-3)12-10-13)20-18(22-19)15-7-5-6-8-16(15)23(20)2/h5-12,22H,4H2,1-3H3. The first-order chi connectivity index (χ1) is 12.7. The van der Waals surface area contributed by atoms with Gasteiger partial charge >= 0.3 is 5.97 Å². The molecule has 5 nitrogen and oxygen atoms in total. The second kappa shape index (κ2) is 6.26. The quantitative estimate of drug-likeness (QED) is 0.552. The van der Waals surface area contributed by atoms with Crippen LogP contribution in [-0.4, -0.2) is 29.2 Å². The number of hydrogen-bond acceptors (Lipinski definition) is 3. The topological polar surface area (TPSA) is 56.2 Å². The van der Waals surface area contributed by atoms with Crippen molar-refractivity contribution < 1.29 is 14.3 Å². The first-order valence-electron chi connectivity index (χ1n) is 8.56. The number of aromatic nitrogens is 2. The average molecular weight is 348 g/mol. The lowest BCUT2D eigenvalue weighted by Crippen LogP contribution is -2.07. The number of carbonyl (C=O) groups excluding carboxylic acids is 1. The third kappa shape index (κ3) is 2.36. The fourth-order valence-electron chi connectivity index (χ4n) is 3.51. The van der Waals surface area contributed by atoms with E-state index in [2.05, 4.69) is 21.7 Å². The molecule has 1 N–H and O–H groups in total. The predicted octanol–water partition coefficient (Wildman–Crippen LogP) is 4.51. The molecule has 0 fully saturated rings. The van der Waals surface area contributed by atoms with E-state index in [9.17, 15) is 4.79 Å². The van der Waals surface area contributed by atoms with Gasteiger partial charge in [0.1, 0.15) is 11.4 Å². The van der Waals surface area contributed by atoms with Gasteiger partial charge in [0.2, 0.25) is 0 Å². The molecule has 132 valence electrons. The number of nitrogens with zero attached hydrogens (tertiary/aromatic N) is 1. The molecule has 5 heteroatoms. The van der Waals surface area contributed by atoms with Crippen molar-refractivity contribution in [3.05, 3.63) is 54.2 Å². The maximum atomic E-state index is 12.6. The Balaban J connectivity index is 2.06. The molecule has 0 radical (unpaired) electrons. The van der Waals surface area contributed by atoms with Gasteiger partial charge in [0.15, 0.2) is 0 Å². The zero-order valence-corrected chi connectivity index (χ0v) is 15.0. The van der Waals surface area contributed by atoms with E-state index >= 15 is 0 Å². The summed E-state index contributed by atoms with van der Waals surface area (Å²) in [6.07, 6.45) is 0. The zero-order chi connectivity index (χ0) is 18.3. The fourth-order valence-corrected chi connectivity index (χ4v) is 3.51. The Morgan fingerprint density at radius 3 is 2.54 bits per heavy atom. The van der Waals surface area contributed by atoms with Crippen LogP contribution in [0.15, 0.2) is 48.5 Å². The summed E-state index contributed by atoms with van der Waals surface area (Å²) in [6.45, 7) is 2.14. The number of nitrogens with one attached hydrogen (secondary N) is 1. The summed E-state index contributed by atoms with van der Waals surface area (Å²) in [5, 5.41) is 1.08. The van der Waals surface area contributed by atoms with E-state index in [1.165, 1.54) is 0 Å². The van der Waals surface area contributed by atoms with Gasteiger partial charge < -0.3 is 19.0 Å². The summed E-state index contributed by atoms with van der Waals surface area (Å²) >= 11 is 0. The number of rotatable bonds is 4. The van der Waals surface area contributed by atoms with Gasteiger partial charge in [0.05, 0.1) is 30.3 Å². The molecule has 0 amide bonds. The normalized spacial score (nSPS) is 11.2. The first-order valence-corrected chi connectivity index (χ1v) is 8.56. The monoisotopic (exact) mass is 348 g/mol. The molecule has 0 aliphatic heterocycles. The minimum Gasteiger partial charge on any atom is -0.497 e. The van der Waals surface area contributed by atoms with E-state index < -0.39 is 0 Å². The zero-order valence-electron chi connectivity index (χ0n) is 15.0. The molecular weight excluding hydrogens is 328 g/mol. The second-order valence-corrected chi connectivity index (χ2v) is 6.12. The van der Waals surface area contributed by atoms with Gasteiger partial charge in [-0.1, -0.05) is 30.3 Å². The van der Waals surface area contributed by atoms with Crippen molar-refractivity contribution in [1.29, 1.82) is 0 Å². The van der Waals surface area contributed by atoms with Crippen LogP contribution in [0.5, 0.6) is 5.75 Å². The van der Waals surface area contributed by atoms with Gasteiger partial charge in [-0.2, -0.15) is 0 Å². The third-order valence-electron chi connectivity index (χ3n) is 4.70. The van der Waals surface area contributed by atoms with Crippen LogP contribution < -0.4 is 4.74 Å². The summed E-state index contributed by atoms with van der Waals surface area (Å²) < 4.78 is 12.7. The van der Waals surface area contributed by atoms with Crippen molar-refractivity contribution >= 4 is 27.9 Å². The van der Waals surface area contributed by atoms with Gasteiger partial charge in [-0.15, -0.1) is 0 Å².